The number of pyridine rings is 1. The van der Waals surface area contributed by atoms with Crippen LogP contribution in [0.15, 0.2) is 24.5 Å². The molecule has 3 N–H and O–H groups in total. The van der Waals surface area contributed by atoms with Crippen LogP contribution in [-0.2, 0) is 0 Å². The molecular formula is C12H22N4. The van der Waals surface area contributed by atoms with Crippen molar-refractivity contribution in [3.05, 3.63) is 24.5 Å². The Kier molecular flexibility index (Phi) is 5.82. The van der Waals surface area contributed by atoms with Crippen LogP contribution in [0.3, 0.4) is 0 Å². The molecule has 1 aromatic heterocycles. The van der Waals surface area contributed by atoms with Gasteiger partial charge in [-0.05, 0) is 26.0 Å². The molecule has 2 rings (SSSR count). The van der Waals surface area contributed by atoms with Crippen LogP contribution < -0.4 is 11.1 Å². The molecule has 1 fully saturated rings. The first kappa shape index (κ1) is 12.9. The van der Waals surface area contributed by atoms with Gasteiger partial charge in [-0.2, -0.15) is 0 Å². The molecule has 0 radical (unpaired) electrons. The zero-order valence-corrected chi connectivity index (χ0v) is 10.2. The predicted octanol–water partition coefficient (Wildman–Crippen LogP) is 0.964. The quantitative estimate of drug-likeness (QED) is 0.743. The van der Waals surface area contributed by atoms with Crippen LogP contribution in [0.4, 0.5) is 5.69 Å². The number of anilines is 1. The van der Waals surface area contributed by atoms with Gasteiger partial charge in [-0.3, -0.25) is 9.88 Å². The number of rotatable bonds is 1. The Hall–Kier alpha value is -1.13. The number of hydrogen-bond acceptors (Lipinski definition) is 4. The fraction of sp³-hybridized carbons (Fsp3) is 0.583. The topological polar surface area (TPSA) is 54.2 Å². The van der Waals surface area contributed by atoms with Crippen LogP contribution in [0.1, 0.15) is 13.8 Å². The summed E-state index contributed by atoms with van der Waals surface area (Å²) in [6.45, 7) is 9.28. The summed E-state index contributed by atoms with van der Waals surface area (Å²) in [5.74, 6) is 0. The van der Waals surface area contributed by atoms with Crippen molar-refractivity contribution >= 4 is 5.69 Å². The molecule has 1 saturated heterocycles. The molecule has 1 aromatic rings. The lowest BCUT2D eigenvalue weighted by Gasteiger charge is -2.30. The van der Waals surface area contributed by atoms with Crippen molar-refractivity contribution in [1.29, 1.82) is 0 Å². The van der Waals surface area contributed by atoms with Gasteiger partial charge >= 0.3 is 0 Å². The highest BCUT2D eigenvalue weighted by Crippen LogP contribution is 1.97. The Morgan fingerprint density at radius 1 is 1.38 bits per heavy atom. The molecule has 4 heteroatoms. The van der Waals surface area contributed by atoms with Crippen molar-refractivity contribution in [3.8, 4) is 0 Å². The fourth-order valence-corrected chi connectivity index (χ4v) is 1.57. The summed E-state index contributed by atoms with van der Waals surface area (Å²) in [6, 6.07) is 4.33. The van der Waals surface area contributed by atoms with E-state index in [0.29, 0.717) is 5.69 Å². The molecule has 2 heterocycles. The summed E-state index contributed by atoms with van der Waals surface area (Å²) < 4.78 is 0. The van der Waals surface area contributed by atoms with Gasteiger partial charge in [-0.15, -0.1) is 0 Å². The number of hydrogen-bond donors (Lipinski definition) is 2. The van der Waals surface area contributed by atoms with Crippen molar-refractivity contribution < 1.29 is 0 Å². The lowest BCUT2D eigenvalue weighted by molar-refractivity contribution is 0.196. The van der Waals surface area contributed by atoms with Gasteiger partial charge in [0.25, 0.3) is 0 Å². The molecule has 0 aliphatic carbocycles. The average molecular weight is 222 g/mol. The van der Waals surface area contributed by atoms with E-state index in [9.17, 15) is 0 Å². The van der Waals surface area contributed by atoms with Crippen LogP contribution >= 0.6 is 0 Å². The lowest BCUT2D eigenvalue weighted by atomic mass is 10.3. The molecule has 1 aliphatic rings. The summed E-state index contributed by atoms with van der Waals surface area (Å²) in [5, 5.41) is 3.33. The maximum atomic E-state index is 5.30. The van der Waals surface area contributed by atoms with E-state index >= 15 is 0 Å². The molecule has 0 spiro atoms. The van der Waals surface area contributed by atoms with Crippen molar-refractivity contribution in [2.24, 2.45) is 0 Å². The van der Waals surface area contributed by atoms with Crippen LogP contribution in [0, 0.1) is 0 Å². The van der Waals surface area contributed by atoms with Crippen LogP contribution in [0.5, 0.6) is 0 Å². The third kappa shape index (κ3) is 5.09. The van der Waals surface area contributed by atoms with E-state index < -0.39 is 0 Å². The number of nitrogens with one attached hydrogen (secondary N) is 1. The Morgan fingerprint density at radius 3 is 2.38 bits per heavy atom. The standard InChI is InChI=1S/C7H16N2.C5H6N2/c1-7(2)9-5-3-8-4-6-9;6-5-2-1-3-7-4-5/h7-8H,3-6H2,1-2H3;1-4H,6H2. The van der Waals surface area contributed by atoms with Gasteiger partial charge in [0.15, 0.2) is 0 Å². The van der Waals surface area contributed by atoms with Crippen LogP contribution in [0.25, 0.3) is 0 Å². The number of nitrogens with two attached hydrogens (primary N) is 1. The molecule has 1 aliphatic heterocycles. The van der Waals surface area contributed by atoms with Gasteiger partial charge in [-0.1, -0.05) is 0 Å². The molecule has 0 saturated carbocycles. The van der Waals surface area contributed by atoms with E-state index in [4.69, 9.17) is 5.73 Å². The van der Waals surface area contributed by atoms with Gasteiger partial charge in [0.05, 0.1) is 5.69 Å². The molecule has 0 aromatic carbocycles. The zero-order chi connectivity index (χ0) is 11.8. The summed E-state index contributed by atoms with van der Waals surface area (Å²) in [4.78, 5) is 6.26. The largest absolute Gasteiger partial charge is 0.397 e. The second-order valence-electron chi connectivity index (χ2n) is 4.17. The second-order valence-corrected chi connectivity index (χ2v) is 4.17. The normalized spacial score (nSPS) is 16.7. The first-order valence-electron chi connectivity index (χ1n) is 5.80. The Balaban J connectivity index is 0.000000165. The number of nitrogens with zero attached hydrogens (tertiary/aromatic N) is 2. The van der Waals surface area contributed by atoms with E-state index in [-0.39, 0.29) is 0 Å². The molecule has 16 heavy (non-hydrogen) atoms. The van der Waals surface area contributed by atoms with E-state index in [0.717, 1.165) is 19.1 Å². The number of aromatic nitrogens is 1. The van der Waals surface area contributed by atoms with Gasteiger partial charge in [0, 0.05) is 44.6 Å². The Labute approximate surface area is 97.9 Å². The van der Waals surface area contributed by atoms with Gasteiger partial charge < -0.3 is 11.1 Å². The van der Waals surface area contributed by atoms with Crippen LogP contribution in [-0.4, -0.2) is 42.1 Å². The minimum absolute atomic E-state index is 0.711. The summed E-state index contributed by atoms with van der Waals surface area (Å²) >= 11 is 0. The van der Waals surface area contributed by atoms with E-state index in [1.807, 2.05) is 0 Å². The first-order chi connectivity index (χ1) is 7.70. The summed E-state index contributed by atoms with van der Waals surface area (Å²) in [5.41, 5.74) is 6.01. The highest BCUT2D eigenvalue weighted by Gasteiger charge is 2.11. The molecular weight excluding hydrogens is 200 g/mol. The summed E-state index contributed by atoms with van der Waals surface area (Å²) in [6.07, 6.45) is 3.30. The maximum absolute atomic E-state index is 5.30. The smallest absolute Gasteiger partial charge is 0.0500 e. The van der Waals surface area contributed by atoms with Gasteiger partial charge in [0.2, 0.25) is 0 Å². The van der Waals surface area contributed by atoms with Crippen molar-refractivity contribution in [2.45, 2.75) is 19.9 Å². The summed E-state index contributed by atoms with van der Waals surface area (Å²) in [7, 11) is 0. The predicted molar refractivity (Wildman–Crippen MR) is 68.2 cm³/mol. The first-order valence-corrected chi connectivity index (χ1v) is 5.80. The molecule has 4 nitrogen and oxygen atoms in total. The molecule has 0 unspecified atom stereocenters. The fourth-order valence-electron chi connectivity index (χ4n) is 1.57. The molecule has 0 amide bonds. The average Bonchev–Trinajstić information content (AvgIpc) is 2.32. The van der Waals surface area contributed by atoms with Gasteiger partial charge in [0.1, 0.15) is 0 Å². The van der Waals surface area contributed by atoms with Crippen LogP contribution in [0.2, 0.25) is 0 Å². The molecule has 0 atom stereocenters. The zero-order valence-electron chi connectivity index (χ0n) is 10.2. The van der Waals surface area contributed by atoms with Crippen molar-refractivity contribution in [3.63, 3.8) is 0 Å². The SMILES string of the molecule is CC(C)N1CCNCC1.Nc1cccnc1. The van der Waals surface area contributed by atoms with E-state index in [2.05, 4.69) is 29.0 Å². The molecule has 0 bridgehead atoms. The molecule has 90 valence electrons. The minimum atomic E-state index is 0.711. The highest BCUT2D eigenvalue weighted by molar-refractivity contribution is 5.32. The highest BCUT2D eigenvalue weighted by atomic mass is 15.2. The second kappa shape index (κ2) is 7.19. The van der Waals surface area contributed by atoms with E-state index in [1.54, 1.807) is 24.5 Å². The van der Waals surface area contributed by atoms with Crippen molar-refractivity contribution in [1.82, 2.24) is 15.2 Å². The van der Waals surface area contributed by atoms with E-state index in [1.165, 1.54) is 13.1 Å². The number of nitrogen functional groups attached to an aromatic ring is 1. The van der Waals surface area contributed by atoms with Gasteiger partial charge in [-0.25, -0.2) is 0 Å². The lowest BCUT2D eigenvalue weighted by Crippen LogP contribution is -2.46. The monoisotopic (exact) mass is 222 g/mol. The number of piperazine rings is 1. The maximum Gasteiger partial charge on any atom is 0.0500 e. The minimum Gasteiger partial charge on any atom is -0.397 e. The van der Waals surface area contributed by atoms with Crippen molar-refractivity contribution in [2.75, 3.05) is 31.9 Å². The third-order valence-corrected chi connectivity index (χ3v) is 2.57. The Morgan fingerprint density at radius 2 is 2.06 bits per heavy atom. The third-order valence-electron chi connectivity index (χ3n) is 2.57. The Bertz CT molecular complexity index is 268.